The molecule has 4 rings (SSSR count). The fourth-order valence-corrected chi connectivity index (χ4v) is 5.82. The van der Waals surface area contributed by atoms with E-state index in [2.05, 4.69) is 4.98 Å². The van der Waals surface area contributed by atoms with Crippen molar-refractivity contribution in [3.8, 4) is 0 Å². The van der Waals surface area contributed by atoms with Crippen LogP contribution < -0.4 is 4.90 Å². The lowest BCUT2D eigenvalue weighted by Gasteiger charge is -2.20. The van der Waals surface area contributed by atoms with Gasteiger partial charge >= 0.3 is 0 Å². The summed E-state index contributed by atoms with van der Waals surface area (Å²) in [5.41, 5.74) is 1.18. The fourth-order valence-electron chi connectivity index (χ4n) is 3.40. The second-order valence-electron chi connectivity index (χ2n) is 7.05. The average Bonchev–Trinajstić information content (AvgIpc) is 3.47. The Morgan fingerprint density at radius 3 is 2.34 bits per heavy atom. The molecule has 2 aromatic heterocycles. The Labute approximate surface area is 191 Å². The van der Waals surface area contributed by atoms with E-state index in [4.69, 9.17) is 4.42 Å². The number of carbonyl (C=O) groups is 1. The van der Waals surface area contributed by atoms with E-state index in [1.807, 2.05) is 24.3 Å². The molecule has 7 nitrogen and oxygen atoms in total. The van der Waals surface area contributed by atoms with Crippen LogP contribution in [0.2, 0.25) is 0 Å². The Morgan fingerprint density at radius 1 is 1.00 bits per heavy atom. The first-order chi connectivity index (χ1) is 15.4. The van der Waals surface area contributed by atoms with Gasteiger partial charge in [0.25, 0.3) is 5.91 Å². The third kappa shape index (κ3) is 4.32. The lowest BCUT2D eigenvalue weighted by molar-refractivity contribution is 0.0983. The Hall–Kier alpha value is -3.01. The number of anilines is 1. The molecule has 2 heterocycles. The van der Waals surface area contributed by atoms with Gasteiger partial charge in [-0.15, -0.1) is 0 Å². The molecule has 0 atom stereocenters. The molecule has 32 heavy (non-hydrogen) atoms. The van der Waals surface area contributed by atoms with Crippen molar-refractivity contribution in [1.29, 1.82) is 0 Å². The van der Waals surface area contributed by atoms with Gasteiger partial charge in [0.2, 0.25) is 10.0 Å². The number of hydrogen-bond acceptors (Lipinski definition) is 6. The summed E-state index contributed by atoms with van der Waals surface area (Å²) in [5, 5.41) is 0.549. The van der Waals surface area contributed by atoms with Gasteiger partial charge in [-0.05, 0) is 48.5 Å². The fraction of sp³-hybridized carbons (Fsp3) is 0.217. The van der Waals surface area contributed by atoms with Gasteiger partial charge in [0.1, 0.15) is 5.76 Å². The molecule has 0 aliphatic rings. The summed E-state index contributed by atoms with van der Waals surface area (Å²) in [7, 11) is -3.59. The molecule has 0 spiro atoms. The van der Waals surface area contributed by atoms with E-state index in [9.17, 15) is 13.2 Å². The lowest BCUT2D eigenvalue weighted by Crippen LogP contribution is -2.31. The number of aromatic nitrogens is 1. The smallest absolute Gasteiger partial charge is 0.260 e. The predicted octanol–water partition coefficient (Wildman–Crippen LogP) is 4.77. The van der Waals surface area contributed by atoms with E-state index >= 15 is 0 Å². The highest BCUT2D eigenvalue weighted by atomic mass is 32.2. The molecule has 0 aliphatic heterocycles. The van der Waals surface area contributed by atoms with Crippen molar-refractivity contribution in [2.45, 2.75) is 25.3 Å². The number of hydrogen-bond donors (Lipinski definition) is 0. The van der Waals surface area contributed by atoms with Crippen molar-refractivity contribution in [1.82, 2.24) is 9.29 Å². The zero-order valence-corrected chi connectivity index (χ0v) is 19.4. The van der Waals surface area contributed by atoms with E-state index in [0.29, 0.717) is 29.5 Å². The second-order valence-corrected chi connectivity index (χ2v) is 10.00. The molecule has 0 saturated heterocycles. The van der Waals surface area contributed by atoms with Crippen LogP contribution in [0.5, 0.6) is 0 Å². The SMILES string of the molecule is CCN(CC)S(=O)(=O)c1ccc(C(=O)N(Cc2ccco2)c2nc3ccccc3s2)cc1. The second kappa shape index (κ2) is 9.23. The van der Waals surface area contributed by atoms with Gasteiger partial charge in [0.05, 0.1) is 27.9 Å². The molecule has 4 aromatic rings. The van der Waals surface area contributed by atoms with Gasteiger partial charge in [0, 0.05) is 18.7 Å². The summed E-state index contributed by atoms with van der Waals surface area (Å²) >= 11 is 1.42. The van der Waals surface area contributed by atoms with Gasteiger partial charge in [-0.1, -0.05) is 37.3 Å². The minimum atomic E-state index is -3.59. The number of fused-ring (bicyclic) bond motifs is 1. The number of sulfonamides is 1. The van der Waals surface area contributed by atoms with E-state index in [1.54, 1.807) is 49.3 Å². The van der Waals surface area contributed by atoms with Crippen LogP contribution in [-0.4, -0.2) is 36.7 Å². The van der Waals surface area contributed by atoms with Crippen LogP contribution in [0.15, 0.2) is 76.2 Å². The van der Waals surface area contributed by atoms with Crippen LogP contribution in [0.1, 0.15) is 30.0 Å². The highest BCUT2D eigenvalue weighted by molar-refractivity contribution is 7.89. The molecule has 0 fully saturated rings. The van der Waals surface area contributed by atoms with Gasteiger partial charge in [-0.3, -0.25) is 9.69 Å². The van der Waals surface area contributed by atoms with Crippen molar-refractivity contribution in [3.05, 3.63) is 78.3 Å². The Bertz CT molecular complexity index is 1280. The maximum absolute atomic E-state index is 13.4. The maximum atomic E-state index is 13.4. The van der Waals surface area contributed by atoms with Gasteiger partial charge < -0.3 is 4.42 Å². The van der Waals surface area contributed by atoms with Crippen LogP contribution >= 0.6 is 11.3 Å². The van der Waals surface area contributed by atoms with Gasteiger partial charge in [-0.2, -0.15) is 4.31 Å². The summed E-state index contributed by atoms with van der Waals surface area (Å²) in [6.45, 7) is 4.57. The topological polar surface area (TPSA) is 83.7 Å². The normalized spacial score (nSPS) is 11.8. The predicted molar refractivity (Wildman–Crippen MR) is 125 cm³/mol. The van der Waals surface area contributed by atoms with Crippen LogP contribution in [-0.2, 0) is 16.6 Å². The number of para-hydroxylation sites is 1. The highest BCUT2D eigenvalue weighted by Crippen LogP contribution is 2.31. The molecule has 0 radical (unpaired) electrons. The Morgan fingerprint density at radius 2 is 1.72 bits per heavy atom. The zero-order valence-electron chi connectivity index (χ0n) is 17.8. The van der Waals surface area contributed by atoms with Crippen LogP contribution in [0.3, 0.4) is 0 Å². The first-order valence-corrected chi connectivity index (χ1v) is 12.5. The highest BCUT2D eigenvalue weighted by Gasteiger charge is 2.25. The molecule has 0 unspecified atom stereocenters. The molecular weight excluding hydrogens is 446 g/mol. The van der Waals surface area contributed by atoms with E-state index in [0.717, 1.165) is 10.2 Å². The van der Waals surface area contributed by atoms with Crippen LogP contribution in [0.4, 0.5) is 5.13 Å². The standard InChI is InChI=1S/C23H23N3O4S2/c1-3-25(4-2)32(28,29)19-13-11-17(12-14-19)22(27)26(16-18-8-7-15-30-18)23-24-20-9-5-6-10-21(20)31-23/h5-15H,3-4,16H2,1-2H3. The number of nitrogens with zero attached hydrogens (tertiary/aromatic N) is 3. The van der Waals surface area contributed by atoms with Crippen LogP contribution in [0, 0.1) is 0 Å². The van der Waals surface area contributed by atoms with E-state index < -0.39 is 10.0 Å². The van der Waals surface area contributed by atoms with Crippen molar-refractivity contribution in [2.24, 2.45) is 0 Å². The third-order valence-corrected chi connectivity index (χ3v) is 8.22. The number of benzene rings is 2. The summed E-state index contributed by atoms with van der Waals surface area (Å²) in [4.78, 5) is 19.8. The number of furan rings is 1. The lowest BCUT2D eigenvalue weighted by atomic mass is 10.2. The van der Waals surface area contributed by atoms with Crippen molar-refractivity contribution >= 4 is 42.6 Å². The summed E-state index contributed by atoms with van der Waals surface area (Å²) < 4.78 is 33.3. The third-order valence-electron chi connectivity index (χ3n) is 5.10. The summed E-state index contributed by atoms with van der Waals surface area (Å²) in [6.07, 6.45) is 1.56. The number of thiazole rings is 1. The first-order valence-electron chi connectivity index (χ1n) is 10.2. The quantitative estimate of drug-likeness (QED) is 0.371. The van der Waals surface area contributed by atoms with Gasteiger partial charge in [0.15, 0.2) is 5.13 Å². The molecule has 9 heteroatoms. The van der Waals surface area contributed by atoms with Crippen LogP contribution in [0.25, 0.3) is 10.2 Å². The molecular formula is C23H23N3O4S2. The summed E-state index contributed by atoms with van der Waals surface area (Å²) in [5.74, 6) is 0.339. The van der Waals surface area contributed by atoms with Crippen molar-refractivity contribution < 1.29 is 17.6 Å². The van der Waals surface area contributed by atoms with E-state index in [1.165, 1.54) is 27.8 Å². The molecule has 0 N–H and O–H groups in total. The molecule has 0 bridgehead atoms. The summed E-state index contributed by atoms with van der Waals surface area (Å²) in [6, 6.07) is 17.3. The Balaban J connectivity index is 1.68. The zero-order chi connectivity index (χ0) is 22.7. The molecule has 1 amide bonds. The monoisotopic (exact) mass is 469 g/mol. The number of carbonyl (C=O) groups excluding carboxylic acids is 1. The minimum absolute atomic E-state index is 0.162. The average molecular weight is 470 g/mol. The number of rotatable bonds is 8. The molecule has 0 saturated carbocycles. The molecule has 166 valence electrons. The minimum Gasteiger partial charge on any atom is -0.467 e. The van der Waals surface area contributed by atoms with Crippen molar-refractivity contribution in [3.63, 3.8) is 0 Å². The maximum Gasteiger partial charge on any atom is 0.260 e. The largest absolute Gasteiger partial charge is 0.467 e. The molecule has 0 aliphatic carbocycles. The molecule has 2 aromatic carbocycles. The van der Waals surface area contributed by atoms with Crippen molar-refractivity contribution in [2.75, 3.05) is 18.0 Å². The van der Waals surface area contributed by atoms with E-state index in [-0.39, 0.29) is 17.3 Å². The Kier molecular flexibility index (Phi) is 6.40. The van der Waals surface area contributed by atoms with Gasteiger partial charge in [-0.25, -0.2) is 13.4 Å². The first kappa shape index (κ1) is 22.2. The number of amides is 1.